The van der Waals surface area contributed by atoms with Crippen molar-refractivity contribution in [2.75, 3.05) is 55.5 Å². The number of anilines is 3. The van der Waals surface area contributed by atoms with E-state index < -0.39 is 5.60 Å². The molecule has 2 aliphatic rings. The van der Waals surface area contributed by atoms with E-state index in [0.29, 0.717) is 37.6 Å². The van der Waals surface area contributed by atoms with Crippen LogP contribution in [0.25, 0.3) is 5.57 Å². The molecule has 2 aromatic carbocycles. The Morgan fingerprint density at radius 2 is 1.86 bits per heavy atom. The third-order valence-electron chi connectivity index (χ3n) is 6.91. The van der Waals surface area contributed by atoms with Gasteiger partial charge in [0, 0.05) is 61.0 Å². The molecule has 0 bridgehead atoms. The average molecular weight is 597 g/mol. The zero-order valence-electron chi connectivity index (χ0n) is 25.8. The number of nitrogens with one attached hydrogen (secondary N) is 2. The van der Waals surface area contributed by atoms with Crippen LogP contribution in [-0.2, 0) is 9.53 Å². The molecule has 2 amide bonds. The Kier molecular flexibility index (Phi) is 10.4. The highest BCUT2D eigenvalue weighted by molar-refractivity contribution is 6.34. The van der Waals surface area contributed by atoms with Crippen molar-refractivity contribution >= 4 is 47.1 Å². The fraction of sp³-hybridized carbons (Fsp3) is 0.294. The van der Waals surface area contributed by atoms with Crippen molar-refractivity contribution in [1.82, 2.24) is 4.90 Å². The van der Waals surface area contributed by atoms with Gasteiger partial charge < -0.3 is 29.9 Å². The number of amides is 2. The zero-order chi connectivity index (χ0) is 31.7. The minimum Gasteiger partial charge on any atom is -0.495 e. The van der Waals surface area contributed by atoms with Crippen molar-refractivity contribution < 1.29 is 19.1 Å². The Labute approximate surface area is 259 Å². The van der Waals surface area contributed by atoms with Gasteiger partial charge in [0.25, 0.3) is 0 Å². The predicted octanol–water partition coefficient (Wildman–Crippen LogP) is 5.93. The second-order valence-electron chi connectivity index (χ2n) is 11.2. The molecular formula is C34H40N6O4. The van der Waals surface area contributed by atoms with Crippen LogP contribution >= 0.6 is 0 Å². The lowest BCUT2D eigenvalue weighted by atomic mass is 9.92. The molecule has 0 atom stereocenters. The van der Waals surface area contributed by atoms with Gasteiger partial charge in [-0.15, -0.1) is 0 Å². The highest BCUT2D eigenvalue weighted by atomic mass is 16.6. The second kappa shape index (κ2) is 14.4. The molecule has 44 heavy (non-hydrogen) atoms. The Balaban J connectivity index is 1.47. The molecule has 0 unspecified atom stereocenters. The van der Waals surface area contributed by atoms with Gasteiger partial charge in [0.2, 0.25) is 5.91 Å². The molecule has 2 N–H and O–H groups in total. The van der Waals surface area contributed by atoms with Gasteiger partial charge in [-0.25, -0.2) is 4.79 Å². The molecular weight excluding hydrogens is 556 g/mol. The monoisotopic (exact) mass is 596 g/mol. The number of hydrogen-bond donors (Lipinski definition) is 2. The fourth-order valence-electron chi connectivity index (χ4n) is 4.83. The van der Waals surface area contributed by atoms with Crippen molar-refractivity contribution in [2.45, 2.75) is 26.4 Å². The van der Waals surface area contributed by atoms with E-state index >= 15 is 0 Å². The number of methoxy groups -OCH3 is 1. The molecule has 1 fully saturated rings. The maximum atomic E-state index is 12.4. The van der Waals surface area contributed by atoms with Gasteiger partial charge in [0.1, 0.15) is 18.0 Å². The molecule has 10 nitrogen and oxygen atoms in total. The Morgan fingerprint density at radius 1 is 1.09 bits per heavy atom. The summed E-state index contributed by atoms with van der Waals surface area (Å²) in [5.74, 6) is 0.406. The molecule has 2 aromatic rings. The maximum absolute atomic E-state index is 12.4. The van der Waals surface area contributed by atoms with E-state index in [1.54, 1.807) is 18.2 Å². The summed E-state index contributed by atoms with van der Waals surface area (Å²) in [6.07, 6.45) is 8.46. The fourth-order valence-corrected chi connectivity index (χ4v) is 4.83. The van der Waals surface area contributed by atoms with Crippen LogP contribution in [0.3, 0.4) is 0 Å². The van der Waals surface area contributed by atoms with E-state index in [2.05, 4.69) is 33.8 Å². The second-order valence-corrected chi connectivity index (χ2v) is 11.2. The highest BCUT2D eigenvalue weighted by Gasteiger charge is 2.26. The van der Waals surface area contributed by atoms with E-state index in [1.165, 1.54) is 6.08 Å². The standard InChI is InChI=1S/C34H40N6O4/c1-7-31(41)38-26-12-8-10-24(20-26)28-13-9-11-25(22-35-5)32(28)37-23-36-29-15-14-27(21-30(29)43-6)39-16-18-40(19-17-39)33(42)44-34(2,3)4/h7-15,20-22,36H,1,5,16-19,23H2,2-4,6H3,(H,38,41)/b25-22-,37-32?. The number of rotatable bonds is 9. The van der Waals surface area contributed by atoms with Crippen LogP contribution in [0.2, 0.25) is 0 Å². The SMILES string of the molecule is C=CC(=O)Nc1cccc(C2=CC=C/C(=C/N=C)C2=NCNc2ccc(N3CCN(C(=O)OC(C)(C)C)CC3)cc2OC)c1. The first kappa shape index (κ1) is 31.8. The minimum atomic E-state index is -0.517. The molecule has 4 rings (SSSR count). The predicted molar refractivity (Wildman–Crippen MR) is 179 cm³/mol. The van der Waals surface area contributed by atoms with Gasteiger partial charge in [-0.05, 0) is 63.4 Å². The molecule has 230 valence electrons. The van der Waals surface area contributed by atoms with E-state index in [4.69, 9.17) is 14.5 Å². The number of hydrogen-bond acceptors (Lipinski definition) is 8. The summed E-state index contributed by atoms with van der Waals surface area (Å²) in [7, 11) is 1.64. The average Bonchev–Trinajstić information content (AvgIpc) is 3.01. The largest absolute Gasteiger partial charge is 0.495 e. The molecule has 1 saturated heterocycles. The third-order valence-corrected chi connectivity index (χ3v) is 6.91. The van der Waals surface area contributed by atoms with Gasteiger partial charge in [0.05, 0.1) is 18.5 Å². The lowest BCUT2D eigenvalue weighted by molar-refractivity contribution is -0.111. The Bertz CT molecular complexity index is 1520. The van der Waals surface area contributed by atoms with Crippen LogP contribution in [0.5, 0.6) is 5.75 Å². The first-order chi connectivity index (χ1) is 21.1. The highest BCUT2D eigenvalue weighted by Crippen LogP contribution is 2.31. The van der Waals surface area contributed by atoms with Gasteiger partial charge in [0.15, 0.2) is 0 Å². The summed E-state index contributed by atoms with van der Waals surface area (Å²) in [6.45, 7) is 15.6. The molecule has 0 saturated carbocycles. The van der Waals surface area contributed by atoms with E-state index in [9.17, 15) is 9.59 Å². The van der Waals surface area contributed by atoms with Crippen molar-refractivity contribution in [3.8, 4) is 5.75 Å². The summed E-state index contributed by atoms with van der Waals surface area (Å²) in [6, 6.07) is 13.5. The maximum Gasteiger partial charge on any atom is 0.410 e. The molecule has 0 radical (unpaired) electrons. The lowest BCUT2D eigenvalue weighted by Gasteiger charge is -2.37. The molecule has 0 spiro atoms. The van der Waals surface area contributed by atoms with Gasteiger partial charge in [-0.2, -0.15) is 0 Å². The summed E-state index contributed by atoms with van der Waals surface area (Å²) in [4.78, 5) is 37.1. The van der Waals surface area contributed by atoms with Gasteiger partial charge in [-0.1, -0.05) is 36.9 Å². The first-order valence-electron chi connectivity index (χ1n) is 14.4. The van der Waals surface area contributed by atoms with Gasteiger partial charge >= 0.3 is 6.09 Å². The van der Waals surface area contributed by atoms with Crippen LogP contribution in [0, 0.1) is 0 Å². The Morgan fingerprint density at radius 3 is 2.55 bits per heavy atom. The van der Waals surface area contributed by atoms with Crippen molar-refractivity contribution in [3.63, 3.8) is 0 Å². The van der Waals surface area contributed by atoms with Crippen molar-refractivity contribution in [3.05, 3.63) is 90.7 Å². The Hall–Kier alpha value is -5.12. The number of aliphatic imine (C=N–C) groups is 2. The number of carbonyl (C=O) groups is 2. The van der Waals surface area contributed by atoms with Crippen LogP contribution in [0.1, 0.15) is 26.3 Å². The number of nitrogens with zero attached hydrogens (tertiary/aromatic N) is 4. The van der Waals surface area contributed by atoms with Crippen LogP contribution in [-0.4, -0.2) is 74.9 Å². The minimum absolute atomic E-state index is 0.270. The number of ether oxygens (including phenoxy) is 2. The van der Waals surface area contributed by atoms with E-state index in [-0.39, 0.29) is 18.7 Å². The van der Waals surface area contributed by atoms with E-state index in [1.807, 2.05) is 81.5 Å². The number of allylic oxidation sites excluding steroid dienone is 5. The number of carbonyl (C=O) groups excluding carboxylic acids is 2. The third kappa shape index (κ3) is 8.25. The lowest BCUT2D eigenvalue weighted by Crippen LogP contribution is -2.50. The molecule has 1 aliphatic carbocycles. The van der Waals surface area contributed by atoms with Crippen molar-refractivity contribution in [1.29, 1.82) is 0 Å². The van der Waals surface area contributed by atoms with Crippen molar-refractivity contribution in [2.24, 2.45) is 9.98 Å². The normalized spacial score (nSPS) is 16.8. The molecule has 10 heteroatoms. The van der Waals surface area contributed by atoms with Crippen LogP contribution in [0.15, 0.2) is 95.1 Å². The molecule has 1 heterocycles. The first-order valence-corrected chi connectivity index (χ1v) is 14.4. The topological polar surface area (TPSA) is 108 Å². The van der Waals surface area contributed by atoms with Gasteiger partial charge in [-0.3, -0.25) is 14.8 Å². The summed E-state index contributed by atoms with van der Waals surface area (Å²) >= 11 is 0. The summed E-state index contributed by atoms with van der Waals surface area (Å²) in [5, 5.41) is 6.18. The summed E-state index contributed by atoms with van der Waals surface area (Å²) in [5.41, 5.74) is 5.26. The number of piperazine rings is 1. The zero-order valence-corrected chi connectivity index (χ0v) is 25.8. The summed E-state index contributed by atoms with van der Waals surface area (Å²) < 4.78 is 11.2. The molecule has 1 aliphatic heterocycles. The number of benzene rings is 2. The molecule has 0 aromatic heterocycles. The van der Waals surface area contributed by atoms with E-state index in [0.717, 1.165) is 33.8 Å². The smallest absolute Gasteiger partial charge is 0.410 e. The van der Waals surface area contributed by atoms with Crippen LogP contribution < -0.4 is 20.3 Å². The van der Waals surface area contributed by atoms with Crippen LogP contribution in [0.4, 0.5) is 21.9 Å². The quantitative estimate of drug-likeness (QED) is 0.275.